The Balaban J connectivity index is 2.78. The van der Waals surface area contributed by atoms with Crippen LogP contribution in [0.4, 0.5) is 0 Å². The summed E-state index contributed by atoms with van der Waals surface area (Å²) in [6.07, 6.45) is 2.32. The average molecular weight is 259 g/mol. The van der Waals surface area contributed by atoms with Gasteiger partial charge in [-0.3, -0.25) is 14.2 Å². The Bertz CT molecular complexity index is 647. The van der Waals surface area contributed by atoms with Gasteiger partial charge < -0.3 is 4.74 Å². The maximum atomic E-state index is 12.4. The number of hydrogen-bond donors (Lipinski definition) is 0. The van der Waals surface area contributed by atoms with Gasteiger partial charge in [0.05, 0.1) is 18.0 Å². The van der Waals surface area contributed by atoms with Crippen molar-refractivity contribution in [3.8, 4) is 5.75 Å². The lowest BCUT2D eigenvalue weighted by Gasteiger charge is -2.17. The molecule has 0 amide bonds. The monoisotopic (exact) mass is 259 g/mol. The topological polar surface area (TPSA) is 48.3 Å². The number of benzene rings is 1. The van der Waals surface area contributed by atoms with E-state index in [1.54, 1.807) is 19.4 Å². The van der Waals surface area contributed by atoms with Crippen LogP contribution in [0.5, 0.6) is 5.75 Å². The molecule has 0 saturated heterocycles. The maximum absolute atomic E-state index is 12.4. The normalized spacial score (nSPS) is 11.6. The van der Waals surface area contributed by atoms with Gasteiger partial charge >= 0.3 is 0 Å². The van der Waals surface area contributed by atoms with Crippen molar-refractivity contribution in [1.82, 2.24) is 4.57 Å². The van der Waals surface area contributed by atoms with E-state index in [1.165, 1.54) is 4.57 Å². The van der Waals surface area contributed by atoms with Crippen molar-refractivity contribution in [3.63, 3.8) is 0 Å². The molecule has 0 atom stereocenters. The number of aldehydes is 1. The minimum Gasteiger partial charge on any atom is -0.496 e. The molecule has 4 heteroatoms. The fraction of sp³-hybridized carbons (Fsp3) is 0.333. The highest BCUT2D eigenvalue weighted by molar-refractivity contribution is 6.06. The first-order chi connectivity index (χ1) is 8.90. The molecule has 0 spiro atoms. The molecule has 19 heavy (non-hydrogen) atoms. The van der Waals surface area contributed by atoms with Gasteiger partial charge in [0, 0.05) is 17.2 Å². The van der Waals surface area contributed by atoms with Crippen molar-refractivity contribution in [2.75, 3.05) is 7.11 Å². The number of ether oxygens (including phenoxy) is 1. The van der Waals surface area contributed by atoms with E-state index in [0.29, 0.717) is 22.2 Å². The summed E-state index contributed by atoms with van der Waals surface area (Å²) in [5.41, 5.74) is 0.640. The minimum atomic E-state index is -0.519. The van der Waals surface area contributed by atoms with Crippen LogP contribution in [0.25, 0.3) is 10.9 Å². The number of nitrogens with zero attached hydrogens (tertiary/aromatic N) is 1. The Labute approximate surface area is 112 Å². The molecule has 1 heterocycles. The van der Waals surface area contributed by atoms with Gasteiger partial charge in [0.25, 0.3) is 0 Å². The van der Waals surface area contributed by atoms with E-state index in [2.05, 4.69) is 0 Å². The summed E-state index contributed by atoms with van der Waals surface area (Å²) < 4.78 is 6.79. The van der Waals surface area contributed by atoms with Gasteiger partial charge in [0.15, 0.2) is 6.29 Å². The van der Waals surface area contributed by atoms with Gasteiger partial charge in [0.1, 0.15) is 5.75 Å². The molecule has 1 aromatic heterocycles. The van der Waals surface area contributed by atoms with E-state index >= 15 is 0 Å². The molecule has 0 saturated carbocycles. The molecule has 0 bridgehead atoms. The third-order valence-corrected chi connectivity index (χ3v) is 3.03. The fourth-order valence-electron chi connectivity index (χ4n) is 2.07. The van der Waals surface area contributed by atoms with Crippen molar-refractivity contribution in [2.45, 2.75) is 20.8 Å². The van der Waals surface area contributed by atoms with E-state index < -0.39 is 5.41 Å². The van der Waals surface area contributed by atoms with Crippen LogP contribution in [0, 0.1) is 5.41 Å². The molecule has 0 radical (unpaired) electrons. The van der Waals surface area contributed by atoms with Crippen molar-refractivity contribution < 1.29 is 14.3 Å². The van der Waals surface area contributed by atoms with Gasteiger partial charge in [-0.2, -0.15) is 0 Å². The SMILES string of the molecule is COc1cccc2c1c(C=O)cn2C(=O)C(C)(C)C. The number of rotatable bonds is 2. The molecule has 0 aliphatic rings. The number of aromatic nitrogens is 1. The van der Waals surface area contributed by atoms with Crippen LogP contribution >= 0.6 is 0 Å². The molecular formula is C15H17NO3. The molecule has 0 aliphatic heterocycles. The van der Waals surface area contributed by atoms with Crippen LogP contribution in [-0.4, -0.2) is 23.9 Å². The summed E-state index contributed by atoms with van der Waals surface area (Å²) in [7, 11) is 1.55. The summed E-state index contributed by atoms with van der Waals surface area (Å²) in [6.45, 7) is 5.55. The van der Waals surface area contributed by atoms with E-state index in [1.807, 2.05) is 32.9 Å². The molecule has 0 N–H and O–H groups in total. The molecule has 2 aromatic rings. The molecule has 0 fully saturated rings. The molecule has 0 aliphatic carbocycles. The number of fused-ring (bicyclic) bond motifs is 1. The molecule has 100 valence electrons. The van der Waals surface area contributed by atoms with Crippen LogP contribution in [0.2, 0.25) is 0 Å². The Morgan fingerprint density at radius 2 is 2.00 bits per heavy atom. The first-order valence-electron chi connectivity index (χ1n) is 6.08. The lowest BCUT2D eigenvalue weighted by molar-refractivity contribution is 0.0772. The second-order valence-corrected chi connectivity index (χ2v) is 5.48. The molecule has 1 aromatic carbocycles. The first kappa shape index (κ1) is 13.3. The maximum Gasteiger partial charge on any atom is 0.236 e. The zero-order chi connectivity index (χ0) is 14.2. The van der Waals surface area contributed by atoms with Crippen molar-refractivity contribution in [1.29, 1.82) is 0 Å². The molecule has 2 rings (SSSR count). The third kappa shape index (κ3) is 2.14. The van der Waals surface area contributed by atoms with Crippen molar-refractivity contribution in [3.05, 3.63) is 30.0 Å². The highest BCUT2D eigenvalue weighted by Gasteiger charge is 2.26. The highest BCUT2D eigenvalue weighted by Crippen LogP contribution is 2.31. The Morgan fingerprint density at radius 3 is 2.53 bits per heavy atom. The quantitative estimate of drug-likeness (QED) is 0.778. The predicted molar refractivity (Wildman–Crippen MR) is 74.0 cm³/mol. The van der Waals surface area contributed by atoms with E-state index in [4.69, 9.17) is 4.74 Å². The Morgan fingerprint density at radius 1 is 1.32 bits per heavy atom. The molecular weight excluding hydrogens is 242 g/mol. The second kappa shape index (κ2) is 4.53. The highest BCUT2D eigenvalue weighted by atomic mass is 16.5. The lowest BCUT2D eigenvalue weighted by Crippen LogP contribution is -2.26. The van der Waals surface area contributed by atoms with E-state index in [0.717, 1.165) is 6.29 Å². The van der Waals surface area contributed by atoms with E-state index in [-0.39, 0.29) is 5.91 Å². The predicted octanol–water partition coefficient (Wildman–Crippen LogP) is 3.15. The average Bonchev–Trinajstić information content (AvgIpc) is 2.75. The zero-order valence-electron chi connectivity index (χ0n) is 11.6. The summed E-state index contributed by atoms with van der Waals surface area (Å²) in [6, 6.07) is 5.40. The fourth-order valence-corrected chi connectivity index (χ4v) is 2.07. The molecule has 0 unspecified atom stereocenters. The summed E-state index contributed by atoms with van der Waals surface area (Å²) in [5, 5.41) is 0.678. The summed E-state index contributed by atoms with van der Waals surface area (Å²) >= 11 is 0. The van der Waals surface area contributed by atoms with Gasteiger partial charge in [-0.05, 0) is 12.1 Å². The van der Waals surface area contributed by atoms with Crippen molar-refractivity contribution in [2.24, 2.45) is 5.41 Å². The van der Waals surface area contributed by atoms with Gasteiger partial charge in [-0.1, -0.05) is 26.8 Å². The summed E-state index contributed by atoms with van der Waals surface area (Å²) in [4.78, 5) is 23.6. The largest absolute Gasteiger partial charge is 0.496 e. The van der Waals surface area contributed by atoms with Gasteiger partial charge in [-0.15, -0.1) is 0 Å². The second-order valence-electron chi connectivity index (χ2n) is 5.48. The van der Waals surface area contributed by atoms with Gasteiger partial charge in [0.2, 0.25) is 5.91 Å². The zero-order valence-corrected chi connectivity index (χ0v) is 11.6. The standard InChI is InChI=1S/C15H17NO3/c1-15(2,3)14(18)16-8-10(9-17)13-11(16)6-5-7-12(13)19-4/h5-9H,1-4H3. The van der Waals surface area contributed by atoms with Crippen LogP contribution in [0.1, 0.15) is 35.9 Å². The number of carbonyl (C=O) groups excluding carboxylic acids is 2. The minimum absolute atomic E-state index is 0.0566. The number of carbonyl (C=O) groups is 2. The number of hydrogen-bond acceptors (Lipinski definition) is 3. The van der Waals surface area contributed by atoms with Crippen molar-refractivity contribution >= 4 is 23.1 Å². The number of methoxy groups -OCH3 is 1. The summed E-state index contributed by atoms with van der Waals surface area (Å²) in [5.74, 6) is 0.541. The third-order valence-electron chi connectivity index (χ3n) is 3.03. The Hall–Kier alpha value is -2.10. The first-order valence-corrected chi connectivity index (χ1v) is 6.08. The van der Waals surface area contributed by atoms with Crippen LogP contribution in [0.15, 0.2) is 24.4 Å². The van der Waals surface area contributed by atoms with Crippen LogP contribution in [-0.2, 0) is 0 Å². The van der Waals surface area contributed by atoms with Crippen LogP contribution < -0.4 is 4.74 Å². The molecule has 4 nitrogen and oxygen atoms in total. The van der Waals surface area contributed by atoms with E-state index in [9.17, 15) is 9.59 Å². The lowest BCUT2D eigenvalue weighted by atomic mass is 9.95. The van der Waals surface area contributed by atoms with Gasteiger partial charge in [-0.25, -0.2) is 0 Å². The smallest absolute Gasteiger partial charge is 0.236 e. The Kier molecular flexibility index (Phi) is 3.18. The van der Waals surface area contributed by atoms with Crippen LogP contribution in [0.3, 0.4) is 0 Å².